The van der Waals surface area contributed by atoms with Crippen LogP contribution in [0, 0.1) is 0 Å². The number of allylic oxidation sites excluding steroid dienone is 2. The zero-order chi connectivity index (χ0) is 19.9. The highest BCUT2D eigenvalue weighted by Gasteiger charge is 2.11. The van der Waals surface area contributed by atoms with Crippen molar-refractivity contribution in [3.05, 3.63) is 149 Å². The second-order valence-corrected chi connectivity index (χ2v) is 7.21. The Hall–Kier alpha value is -3.35. The molecule has 0 aliphatic heterocycles. The summed E-state index contributed by atoms with van der Waals surface area (Å²) in [6.45, 7) is 0. The lowest BCUT2D eigenvalue weighted by Crippen LogP contribution is -1.93. The highest BCUT2D eigenvalue weighted by Crippen LogP contribution is 2.33. The lowest BCUT2D eigenvalue weighted by atomic mass is 9.89. The maximum absolute atomic E-state index is 6.05. The molecule has 0 saturated carbocycles. The molecule has 0 saturated heterocycles. The van der Waals surface area contributed by atoms with Crippen LogP contribution in [0.4, 0.5) is 0 Å². The second-order valence-electron chi connectivity index (χ2n) is 6.77. The first-order valence-electron chi connectivity index (χ1n) is 9.65. The van der Waals surface area contributed by atoms with Crippen LogP contribution in [0.3, 0.4) is 0 Å². The van der Waals surface area contributed by atoms with Gasteiger partial charge in [-0.2, -0.15) is 0 Å². The molecule has 0 aliphatic rings. The van der Waals surface area contributed by atoms with Gasteiger partial charge in [0.05, 0.1) is 0 Å². The minimum atomic E-state index is 0.746. The van der Waals surface area contributed by atoms with Crippen molar-refractivity contribution in [2.24, 2.45) is 0 Å². The van der Waals surface area contributed by atoms with Crippen molar-refractivity contribution in [1.29, 1.82) is 0 Å². The predicted octanol–water partition coefficient (Wildman–Crippen LogP) is 8.01. The first kappa shape index (κ1) is 19.0. The van der Waals surface area contributed by atoms with E-state index in [-0.39, 0.29) is 0 Å². The first-order chi connectivity index (χ1) is 14.3. The normalized spacial score (nSPS) is 10.8. The fourth-order valence-corrected chi connectivity index (χ4v) is 3.51. The standard InChI is InChI=1S/C28H21Cl/c29-26-19-16-22(17-20-26)18-21-27(23-10-4-1-5-11-23)28(24-12-6-2-7-13-24)25-14-8-3-9-15-25/h1-21H/b21-18+. The van der Waals surface area contributed by atoms with Crippen molar-refractivity contribution >= 4 is 28.8 Å². The molecule has 0 nitrogen and oxygen atoms in total. The zero-order valence-corrected chi connectivity index (χ0v) is 16.8. The van der Waals surface area contributed by atoms with E-state index in [4.69, 9.17) is 11.6 Å². The van der Waals surface area contributed by atoms with Gasteiger partial charge in [-0.15, -0.1) is 0 Å². The summed E-state index contributed by atoms with van der Waals surface area (Å²) in [7, 11) is 0. The van der Waals surface area contributed by atoms with Crippen molar-refractivity contribution in [3.63, 3.8) is 0 Å². The van der Waals surface area contributed by atoms with Gasteiger partial charge in [0.2, 0.25) is 0 Å². The topological polar surface area (TPSA) is 0 Å². The average Bonchev–Trinajstić information content (AvgIpc) is 2.79. The number of hydrogen-bond donors (Lipinski definition) is 0. The van der Waals surface area contributed by atoms with Gasteiger partial charge in [0, 0.05) is 5.02 Å². The number of benzene rings is 4. The molecule has 0 amide bonds. The fraction of sp³-hybridized carbons (Fsp3) is 0. The summed E-state index contributed by atoms with van der Waals surface area (Å²) in [6.07, 6.45) is 4.35. The third kappa shape index (κ3) is 4.74. The van der Waals surface area contributed by atoms with Gasteiger partial charge in [0.25, 0.3) is 0 Å². The fourth-order valence-electron chi connectivity index (χ4n) is 3.38. The van der Waals surface area contributed by atoms with Crippen molar-refractivity contribution in [1.82, 2.24) is 0 Å². The van der Waals surface area contributed by atoms with E-state index in [1.165, 1.54) is 27.8 Å². The second kappa shape index (κ2) is 9.23. The van der Waals surface area contributed by atoms with E-state index in [2.05, 4.69) is 103 Å². The summed E-state index contributed by atoms with van der Waals surface area (Å²) >= 11 is 6.05. The SMILES string of the molecule is Clc1ccc(/C=C/C(=C(c2ccccc2)c2ccccc2)c2ccccc2)cc1. The quantitative estimate of drug-likeness (QED) is 0.238. The molecule has 0 radical (unpaired) electrons. The molecule has 0 N–H and O–H groups in total. The number of hydrogen-bond acceptors (Lipinski definition) is 0. The van der Waals surface area contributed by atoms with Crippen molar-refractivity contribution in [2.75, 3.05) is 0 Å². The van der Waals surface area contributed by atoms with Gasteiger partial charge in [-0.05, 0) is 45.5 Å². The van der Waals surface area contributed by atoms with Crippen molar-refractivity contribution in [2.45, 2.75) is 0 Å². The number of halogens is 1. The molecule has 29 heavy (non-hydrogen) atoms. The molecule has 4 rings (SSSR count). The molecule has 1 heteroatoms. The Morgan fingerprint density at radius 3 is 1.45 bits per heavy atom. The molecule has 0 unspecified atom stereocenters. The van der Waals surface area contributed by atoms with E-state index in [1.807, 2.05) is 24.3 Å². The Balaban J connectivity index is 1.94. The Morgan fingerprint density at radius 2 is 0.966 bits per heavy atom. The van der Waals surface area contributed by atoms with Gasteiger partial charge < -0.3 is 0 Å². The van der Waals surface area contributed by atoms with Crippen LogP contribution >= 0.6 is 11.6 Å². The molecule has 0 spiro atoms. The Bertz CT molecular complexity index is 1070. The van der Waals surface area contributed by atoms with Gasteiger partial charge in [-0.25, -0.2) is 0 Å². The summed E-state index contributed by atoms with van der Waals surface area (Å²) in [5.41, 5.74) is 7.07. The largest absolute Gasteiger partial charge is 0.0843 e. The van der Waals surface area contributed by atoms with Crippen LogP contribution in [0.1, 0.15) is 22.3 Å². The van der Waals surface area contributed by atoms with E-state index in [0.29, 0.717) is 0 Å². The van der Waals surface area contributed by atoms with Crippen molar-refractivity contribution in [3.8, 4) is 0 Å². The van der Waals surface area contributed by atoms with E-state index in [1.54, 1.807) is 0 Å². The van der Waals surface area contributed by atoms with Crippen LogP contribution in [-0.2, 0) is 0 Å². The van der Waals surface area contributed by atoms with Crippen LogP contribution < -0.4 is 0 Å². The first-order valence-corrected chi connectivity index (χ1v) is 10.0. The molecular weight excluding hydrogens is 372 g/mol. The van der Waals surface area contributed by atoms with Crippen LogP contribution in [0.2, 0.25) is 5.02 Å². The average molecular weight is 393 g/mol. The monoisotopic (exact) mass is 392 g/mol. The van der Waals surface area contributed by atoms with Crippen LogP contribution in [-0.4, -0.2) is 0 Å². The van der Waals surface area contributed by atoms with Gasteiger partial charge >= 0.3 is 0 Å². The smallest absolute Gasteiger partial charge is 0.0406 e. The lowest BCUT2D eigenvalue weighted by Gasteiger charge is -2.15. The Labute approximate surface area is 177 Å². The molecule has 0 atom stereocenters. The summed E-state index contributed by atoms with van der Waals surface area (Å²) in [4.78, 5) is 0. The highest BCUT2D eigenvalue weighted by molar-refractivity contribution is 6.30. The summed E-state index contributed by atoms with van der Waals surface area (Å²) in [5, 5.41) is 0.746. The molecule has 0 heterocycles. The van der Waals surface area contributed by atoms with Crippen LogP contribution in [0.5, 0.6) is 0 Å². The van der Waals surface area contributed by atoms with Gasteiger partial charge in [-0.3, -0.25) is 0 Å². The summed E-state index contributed by atoms with van der Waals surface area (Å²) in [5.74, 6) is 0. The maximum Gasteiger partial charge on any atom is 0.0406 e. The maximum atomic E-state index is 6.05. The molecule has 4 aromatic carbocycles. The van der Waals surface area contributed by atoms with E-state index >= 15 is 0 Å². The minimum Gasteiger partial charge on any atom is -0.0843 e. The van der Waals surface area contributed by atoms with Gasteiger partial charge in [0.1, 0.15) is 0 Å². The molecule has 0 aromatic heterocycles. The third-order valence-electron chi connectivity index (χ3n) is 4.79. The summed E-state index contributed by atoms with van der Waals surface area (Å²) in [6, 6.07) is 39.6. The van der Waals surface area contributed by atoms with Gasteiger partial charge in [0.15, 0.2) is 0 Å². The van der Waals surface area contributed by atoms with Gasteiger partial charge in [-0.1, -0.05) is 127 Å². The molecule has 0 fully saturated rings. The van der Waals surface area contributed by atoms with E-state index < -0.39 is 0 Å². The van der Waals surface area contributed by atoms with Crippen LogP contribution in [0.25, 0.3) is 17.2 Å². The minimum absolute atomic E-state index is 0.746. The lowest BCUT2D eigenvalue weighted by molar-refractivity contribution is 1.53. The molecule has 140 valence electrons. The van der Waals surface area contributed by atoms with Crippen molar-refractivity contribution < 1.29 is 0 Å². The molecular formula is C28H21Cl. The zero-order valence-electron chi connectivity index (χ0n) is 16.0. The van der Waals surface area contributed by atoms with E-state index in [0.717, 1.165) is 10.6 Å². The Morgan fingerprint density at radius 1 is 0.517 bits per heavy atom. The number of rotatable bonds is 5. The molecule has 4 aromatic rings. The Kier molecular flexibility index (Phi) is 6.04. The highest BCUT2D eigenvalue weighted by atomic mass is 35.5. The molecule has 0 bridgehead atoms. The third-order valence-corrected chi connectivity index (χ3v) is 5.04. The van der Waals surface area contributed by atoms with Crippen LogP contribution in [0.15, 0.2) is 121 Å². The predicted molar refractivity (Wildman–Crippen MR) is 126 cm³/mol. The molecule has 0 aliphatic carbocycles. The van der Waals surface area contributed by atoms with E-state index in [9.17, 15) is 0 Å². The summed E-state index contributed by atoms with van der Waals surface area (Å²) < 4.78 is 0.